The second-order valence-corrected chi connectivity index (χ2v) is 9.15. The molecule has 178 valence electrons. The molecule has 1 saturated carbocycles. The number of carboxylic acid groups (broad SMARTS) is 1. The Morgan fingerprint density at radius 2 is 1.49 bits per heavy atom. The van der Waals surface area contributed by atoms with E-state index in [1.807, 2.05) is 24.3 Å². The number of ether oxygens (including phenoxy) is 1. The number of benzene rings is 3. The normalized spacial score (nSPS) is 15.3. The second kappa shape index (κ2) is 9.25. The second-order valence-electron chi connectivity index (χ2n) is 9.15. The molecule has 3 aromatic rings. The van der Waals surface area contributed by atoms with E-state index in [9.17, 15) is 19.5 Å². The van der Waals surface area contributed by atoms with Crippen LogP contribution in [0.1, 0.15) is 46.7 Å². The number of carboxylic acids is 1. The molecule has 0 saturated heterocycles. The summed E-state index contributed by atoms with van der Waals surface area (Å²) in [6, 6.07) is 22.7. The fraction of sp³-hybridized carbons (Fsp3) is 0.250. The Labute approximate surface area is 203 Å². The van der Waals surface area contributed by atoms with Gasteiger partial charge in [0.2, 0.25) is 0 Å². The number of aliphatic carboxylic acids is 1. The number of hydrogen-bond donors (Lipinski definition) is 3. The highest BCUT2D eigenvalue weighted by Gasteiger charge is 2.44. The van der Waals surface area contributed by atoms with Crippen LogP contribution in [0, 0.1) is 5.41 Å². The lowest BCUT2D eigenvalue weighted by Crippen LogP contribution is -2.47. The Morgan fingerprint density at radius 1 is 0.886 bits per heavy atom. The topological polar surface area (TPSA) is 105 Å². The number of nitrogens with one attached hydrogen (secondary N) is 2. The van der Waals surface area contributed by atoms with Crippen LogP contribution in [0.3, 0.4) is 0 Å². The molecule has 3 N–H and O–H groups in total. The zero-order valence-electron chi connectivity index (χ0n) is 19.1. The number of fused-ring (bicyclic) bond motifs is 3. The summed E-state index contributed by atoms with van der Waals surface area (Å²) >= 11 is 0. The lowest BCUT2D eigenvalue weighted by atomic mass is 9.69. The van der Waals surface area contributed by atoms with Crippen LogP contribution in [-0.4, -0.2) is 36.2 Å². The SMILES string of the molecule is O=C(Nc1ccc(C(=O)NCC2(C(=O)O)CCC2)cc1)OCC1c2ccccc2-c2ccccc21. The van der Waals surface area contributed by atoms with Gasteiger partial charge in [-0.3, -0.25) is 14.9 Å². The summed E-state index contributed by atoms with van der Waals surface area (Å²) < 4.78 is 5.55. The summed E-state index contributed by atoms with van der Waals surface area (Å²) in [6.07, 6.45) is 1.44. The fourth-order valence-corrected chi connectivity index (χ4v) is 4.88. The lowest BCUT2D eigenvalue weighted by Gasteiger charge is -2.37. The molecule has 0 bridgehead atoms. The van der Waals surface area contributed by atoms with E-state index in [1.165, 1.54) is 0 Å². The minimum atomic E-state index is -0.869. The molecule has 3 aromatic carbocycles. The molecular formula is C28H26N2O5. The van der Waals surface area contributed by atoms with E-state index >= 15 is 0 Å². The first kappa shape index (κ1) is 22.7. The van der Waals surface area contributed by atoms with Gasteiger partial charge in [-0.2, -0.15) is 0 Å². The van der Waals surface area contributed by atoms with Crippen molar-refractivity contribution in [2.24, 2.45) is 5.41 Å². The predicted octanol–water partition coefficient (Wildman–Crippen LogP) is 5.03. The quantitative estimate of drug-likeness (QED) is 0.449. The van der Waals surface area contributed by atoms with Crippen molar-refractivity contribution >= 4 is 23.7 Å². The molecule has 7 nitrogen and oxygen atoms in total. The van der Waals surface area contributed by atoms with E-state index in [4.69, 9.17) is 4.74 Å². The summed E-state index contributed by atoms with van der Waals surface area (Å²) in [6.45, 7) is 0.326. The zero-order chi connectivity index (χ0) is 24.4. The average Bonchev–Trinajstić information content (AvgIpc) is 3.16. The number of rotatable bonds is 7. The van der Waals surface area contributed by atoms with Crippen molar-refractivity contribution in [3.05, 3.63) is 89.5 Å². The van der Waals surface area contributed by atoms with Gasteiger partial charge in [-0.05, 0) is 59.4 Å². The van der Waals surface area contributed by atoms with Crippen molar-refractivity contribution in [1.29, 1.82) is 0 Å². The molecule has 0 unspecified atom stereocenters. The summed E-state index contributed by atoms with van der Waals surface area (Å²) in [5.74, 6) is -1.24. The van der Waals surface area contributed by atoms with E-state index in [-0.39, 0.29) is 25.0 Å². The van der Waals surface area contributed by atoms with Crippen LogP contribution in [0.2, 0.25) is 0 Å². The molecule has 35 heavy (non-hydrogen) atoms. The molecule has 0 aromatic heterocycles. The minimum absolute atomic E-state index is 0.0241. The van der Waals surface area contributed by atoms with Crippen molar-refractivity contribution in [3.63, 3.8) is 0 Å². The molecule has 0 radical (unpaired) electrons. The summed E-state index contributed by atoms with van der Waals surface area (Å²) in [7, 11) is 0. The fourth-order valence-electron chi connectivity index (χ4n) is 4.88. The number of carbonyl (C=O) groups excluding carboxylic acids is 2. The molecule has 5 rings (SSSR count). The molecule has 2 aliphatic carbocycles. The van der Waals surface area contributed by atoms with Gasteiger partial charge in [-0.25, -0.2) is 4.79 Å². The van der Waals surface area contributed by atoms with Crippen molar-refractivity contribution < 1.29 is 24.2 Å². The summed E-state index contributed by atoms with van der Waals surface area (Å²) in [5, 5.41) is 14.8. The number of carbonyl (C=O) groups is 3. The first-order valence-corrected chi connectivity index (χ1v) is 11.7. The lowest BCUT2D eigenvalue weighted by molar-refractivity contribution is -0.153. The molecule has 2 aliphatic rings. The standard InChI is InChI=1S/C28H26N2O5/c31-25(29-17-28(26(32)33)14-5-15-28)18-10-12-19(13-11-18)30-27(34)35-16-24-22-8-3-1-6-20(22)21-7-2-4-9-23(21)24/h1-4,6-13,24H,5,14-17H2,(H,29,31)(H,30,34)(H,32,33). The van der Waals surface area contributed by atoms with Crippen LogP contribution in [0.15, 0.2) is 72.8 Å². The van der Waals surface area contributed by atoms with Gasteiger partial charge in [0.05, 0.1) is 5.41 Å². The van der Waals surface area contributed by atoms with Gasteiger partial charge in [-0.15, -0.1) is 0 Å². The predicted molar refractivity (Wildman–Crippen MR) is 131 cm³/mol. The Bertz CT molecular complexity index is 1240. The number of amides is 2. The summed E-state index contributed by atoms with van der Waals surface area (Å²) in [4.78, 5) is 36.3. The van der Waals surface area contributed by atoms with E-state index in [0.29, 0.717) is 24.1 Å². The minimum Gasteiger partial charge on any atom is -0.481 e. The highest BCUT2D eigenvalue weighted by Crippen LogP contribution is 2.44. The van der Waals surface area contributed by atoms with Crippen LogP contribution in [0.4, 0.5) is 10.5 Å². The van der Waals surface area contributed by atoms with Crippen LogP contribution in [0.5, 0.6) is 0 Å². The van der Waals surface area contributed by atoms with Gasteiger partial charge in [-0.1, -0.05) is 55.0 Å². The van der Waals surface area contributed by atoms with Gasteiger partial charge in [0, 0.05) is 23.7 Å². The van der Waals surface area contributed by atoms with Gasteiger partial charge >= 0.3 is 12.1 Å². The monoisotopic (exact) mass is 470 g/mol. The first-order valence-electron chi connectivity index (χ1n) is 11.7. The van der Waals surface area contributed by atoms with Gasteiger partial charge in [0.15, 0.2) is 0 Å². The maximum absolute atomic E-state index is 12.5. The highest BCUT2D eigenvalue weighted by atomic mass is 16.5. The largest absolute Gasteiger partial charge is 0.481 e. The van der Waals surface area contributed by atoms with E-state index in [1.54, 1.807) is 24.3 Å². The Hall–Kier alpha value is -4.13. The van der Waals surface area contributed by atoms with E-state index < -0.39 is 17.5 Å². The maximum atomic E-state index is 12.5. The van der Waals surface area contributed by atoms with Crippen molar-refractivity contribution in [3.8, 4) is 11.1 Å². The molecular weight excluding hydrogens is 444 g/mol. The molecule has 0 spiro atoms. The molecule has 0 atom stereocenters. The number of anilines is 1. The molecule has 1 fully saturated rings. The Morgan fingerprint density at radius 3 is 2.03 bits per heavy atom. The van der Waals surface area contributed by atoms with Crippen molar-refractivity contribution in [2.75, 3.05) is 18.5 Å². The van der Waals surface area contributed by atoms with Crippen molar-refractivity contribution in [1.82, 2.24) is 5.32 Å². The van der Waals surface area contributed by atoms with Gasteiger partial charge < -0.3 is 15.2 Å². The number of hydrogen-bond acceptors (Lipinski definition) is 4. The van der Waals surface area contributed by atoms with Crippen LogP contribution >= 0.6 is 0 Å². The zero-order valence-corrected chi connectivity index (χ0v) is 19.1. The summed E-state index contributed by atoms with van der Waals surface area (Å²) in [5.41, 5.74) is 4.66. The third-order valence-electron chi connectivity index (χ3n) is 7.09. The van der Waals surface area contributed by atoms with Crippen LogP contribution in [-0.2, 0) is 9.53 Å². The third kappa shape index (κ3) is 4.37. The van der Waals surface area contributed by atoms with Crippen LogP contribution in [0.25, 0.3) is 11.1 Å². The highest BCUT2D eigenvalue weighted by molar-refractivity contribution is 5.95. The molecule has 7 heteroatoms. The molecule has 0 heterocycles. The molecule has 2 amide bonds. The van der Waals surface area contributed by atoms with Crippen LogP contribution < -0.4 is 10.6 Å². The first-order chi connectivity index (χ1) is 17.0. The Kier molecular flexibility index (Phi) is 5.99. The van der Waals surface area contributed by atoms with E-state index in [2.05, 4.69) is 34.9 Å². The average molecular weight is 471 g/mol. The third-order valence-corrected chi connectivity index (χ3v) is 7.09. The van der Waals surface area contributed by atoms with Gasteiger partial charge in [0.25, 0.3) is 5.91 Å². The van der Waals surface area contributed by atoms with E-state index in [0.717, 1.165) is 28.7 Å². The molecule has 0 aliphatic heterocycles. The maximum Gasteiger partial charge on any atom is 0.411 e. The smallest absolute Gasteiger partial charge is 0.411 e. The van der Waals surface area contributed by atoms with Gasteiger partial charge in [0.1, 0.15) is 6.61 Å². The Balaban J connectivity index is 1.16. The van der Waals surface area contributed by atoms with Crippen molar-refractivity contribution in [2.45, 2.75) is 25.2 Å².